The summed E-state index contributed by atoms with van der Waals surface area (Å²) in [5.41, 5.74) is 3.77. The second-order valence-electron chi connectivity index (χ2n) is 7.31. The van der Waals surface area contributed by atoms with Gasteiger partial charge in [-0.05, 0) is 58.0 Å². The monoisotopic (exact) mass is 521 g/mol. The second-order valence-corrected chi connectivity index (χ2v) is 8.55. The number of H-pyrrole nitrogens is 1. The minimum atomic E-state index is 0.103. The molecule has 0 bridgehead atoms. The number of hydrogen-bond donors (Lipinski definition) is 2. The molecule has 2 N–H and O–H groups in total. The van der Waals surface area contributed by atoms with Gasteiger partial charge in [0.1, 0.15) is 5.82 Å². The van der Waals surface area contributed by atoms with Crippen molar-refractivity contribution in [2.45, 2.75) is 19.4 Å². The Morgan fingerprint density at radius 3 is 2.65 bits per heavy atom. The van der Waals surface area contributed by atoms with Crippen molar-refractivity contribution in [3.8, 4) is 11.6 Å². The predicted octanol–water partition coefficient (Wildman–Crippen LogP) is 5.98. The van der Waals surface area contributed by atoms with E-state index in [4.69, 9.17) is 14.4 Å². The highest BCUT2D eigenvalue weighted by molar-refractivity contribution is 14.1. The van der Waals surface area contributed by atoms with Crippen LogP contribution >= 0.6 is 22.6 Å². The van der Waals surface area contributed by atoms with Crippen LogP contribution in [-0.2, 0) is 6.54 Å². The van der Waals surface area contributed by atoms with Crippen molar-refractivity contribution in [3.63, 3.8) is 0 Å². The van der Waals surface area contributed by atoms with Crippen LogP contribution in [0.5, 0.6) is 0 Å². The van der Waals surface area contributed by atoms with Gasteiger partial charge >= 0.3 is 0 Å². The van der Waals surface area contributed by atoms with Gasteiger partial charge in [-0.25, -0.2) is 15.0 Å². The van der Waals surface area contributed by atoms with E-state index in [9.17, 15) is 0 Å². The van der Waals surface area contributed by atoms with E-state index >= 15 is 0 Å². The first-order valence-corrected chi connectivity index (χ1v) is 11.1. The fourth-order valence-electron chi connectivity index (χ4n) is 3.49. The molecule has 7 heteroatoms. The molecule has 0 aliphatic rings. The molecule has 2 aromatic carbocycles. The summed E-state index contributed by atoms with van der Waals surface area (Å²) >= 11 is 2.32. The maximum Gasteiger partial charge on any atom is 0.199 e. The minimum Gasteiger partial charge on any atom is -0.461 e. The zero-order valence-electron chi connectivity index (χ0n) is 16.8. The molecule has 31 heavy (non-hydrogen) atoms. The lowest BCUT2D eigenvalue weighted by Crippen LogP contribution is -2.04. The molecule has 0 fully saturated rings. The smallest absolute Gasteiger partial charge is 0.199 e. The Bertz CT molecular complexity index is 1310. The molecule has 0 saturated carbocycles. The highest BCUT2D eigenvalue weighted by Gasteiger charge is 2.19. The normalized spacial score (nSPS) is 12.2. The number of furan rings is 1. The fourth-order valence-corrected chi connectivity index (χ4v) is 4.10. The molecule has 0 aliphatic heterocycles. The number of nitrogens with one attached hydrogen (secondary N) is 2. The summed E-state index contributed by atoms with van der Waals surface area (Å²) in [4.78, 5) is 17.7. The number of aromatic amines is 1. The topological polar surface area (TPSA) is 79.6 Å². The quantitative estimate of drug-likeness (QED) is 0.269. The SMILES string of the molecule is CC(c1ccccc1)c1nc2c(NCc3cccc(I)c3)nc(-c3ccco3)nc2[nH]1. The van der Waals surface area contributed by atoms with Gasteiger partial charge in [-0.3, -0.25) is 0 Å². The lowest BCUT2D eigenvalue weighted by atomic mass is 10.0. The van der Waals surface area contributed by atoms with E-state index in [0.717, 1.165) is 11.3 Å². The third kappa shape index (κ3) is 4.18. The molecule has 154 valence electrons. The first-order valence-electron chi connectivity index (χ1n) is 10.0. The summed E-state index contributed by atoms with van der Waals surface area (Å²) in [6, 6.07) is 22.4. The molecular weight excluding hydrogens is 501 g/mol. The van der Waals surface area contributed by atoms with Gasteiger partial charge in [0.05, 0.1) is 6.26 Å². The van der Waals surface area contributed by atoms with Crippen molar-refractivity contribution in [1.29, 1.82) is 0 Å². The van der Waals surface area contributed by atoms with Crippen molar-refractivity contribution < 1.29 is 4.42 Å². The zero-order chi connectivity index (χ0) is 21.2. The number of hydrogen-bond acceptors (Lipinski definition) is 5. The molecule has 5 rings (SSSR count). The molecule has 0 aliphatic carbocycles. The standard InChI is InChI=1S/C24H20IN5O/c1-15(17-8-3-2-4-9-17)21-27-20-23(26-14-16-7-5-10-18(25)13-16)29-22(30-24(20)28-21)19-11-6-12-31-19/h2-13,15H,14H2,1H3,(H2,26,27,28,29,30). The summed E-state index contributed by atoms with van der Waals surface area (Å²) in [7, 11) is 0. The van der Waals surface area contributed by atoms with E-state index in [1.807, 2.05) is 30.3 Å². The third-order valence-corrected chi connectivity index (χ3v) is 5.83. The van der Waals surface area contributed by atoms with Gasteiger partial charge < -0.3 is 14.7 Å². The number of anilines is 1. The molecular formula is C24H20IN5O. The van der Waals surface area contributed by atoms with Crippen LogP contribution in [0, 0.1) is 3.57 Å². The Kier molecular flexibility index (Phi) is 5.42. The minimum absolute atomic E-state index is 0.103. The molecule has 0 amide bonds. The number of halogens is 1. The van der Waals surface area contributed by atoms with Crippen molar-refractivity contribution >= 4 is 39.6 Å². The van der Waals surface area contributed by atoms with Crippen LogP contribution in [0.3, 0.4) is 0 Å². The first kappa shape index (κ1) is 19.7. The van der Waals surface area contributed by atoms with Crippen LogP contribution < -0.4 is 5.32 Å². The molecule has 1 unspecified atom stereocenters. The number of aromatic nitrogens is 4. The average Bonchev–Trinajstić information content (AvgIpc) is 3.47. The lowest BCUT2D eigenvalue weighted by Gasteiger charge is -2.08. The number of rotatable bonds is 6. The molecule has 0 radical (unpaired) electrons. The van der Waals surface area contributed by atoms with Gasteiger partial charge in [0.15, 0.2) is 28.6 Å². The zero-order valence-corrected chi connectivity index (χ0v) is 19.0. The Labute approximate surface area is 193 Å². The van der Waals surface area contributed by atoms with Crippen LogP contribution in [0.15, 0.2) is 77.4 Å². The van der Waals surface area contributed by atoms with Gasteiger partial charge in [-0.1, -0.05) is 49.4 Å². The van der Waals surface area contributed by atoms with Gasteiger partial charge in [0, 0.05) is 16.0 Å². The predicted molar refractivity (Wildman–Crippen MR) is 130 cm³/mol. The van der Waals surface area contributed by atoms with Crippen LogP contribution in [-0.4, -0.2) is 19.9 Å². The number of benzene rings is 2. The van der Waals surface area contributed by atoms with E-state index < -0.39 is 0 Å². The van der Waals surface area contributed by atoms with Crippen LogP contribution in [0.1, 0.15) is 29.8 Å². The van der Waals surface area contributed by atoms with Crippen LogP contribution in [0.25, 0.3) is 22.7 Å². The van der Waals surface area contributed by atoms with Crippen molar-refractivity contribution in [3.05, 3.63) is 93.5 Å². The summed E-state index contributed by atoms with van der Waals surface area (Å²) in [5.74, 6) is 2.77. The molecule has 3 aromatic heterocycles. The van der Waals surface area contributed by atoms with Crippen LogP contribution in [0.2, 0.25) is 0 Å². The van der Waals surface area contributed by atoms with E-state index in [1.54, 1.807) is 6.26 Å². The van der Waals surface area contributed by atoms with Crippen molar-refractivity contribution in [2.24, 2.45) is 0 Å². The summed E-state index contributed by atoms with van der Waals surface area (Å²) in [5, 5.41) is 3.45. The molecule has 6 nitrogen and oxygen atoms in total. The summed E-state index contributed by atoms with van der Waals surface area (Å²) < 4.78 is 6.73. The number of fused-ring (bicyclic) bond motifs is 1. The van der Waals surface area contributed by atoms with Crippen LogP contribution in [0.4, 0.5) is 5.82 Å². The van der Waals surface area contributed by atoms with E-state index in [1.165, 1.54) is 14.7 Å². The average molecular weight is 521 g/mol. The van der Waals surface area contributed by atoms with Gasteiger partial charge in [0.25, 0.3) is 0 Å². The summed E-state index contributed by atoms with van der Waals surface area (Å²) in [6.45, 7) is 2.77. The largest absolute Gasteiger partial charge is 0.461 e. The van der Waals surface area contributed by atoms with Crippen molar-refractivity contribution in [2.75, 3.05) is 5.32 Å². The molecule has 3 heterocycles. The lowest BCUT2D eigenvalue weighted by molar-refractivity contribution is 0.577. The molecule has 0 saturated heterocycles. The Hall–Kier alpha value is -3.20. The van der Waals surface area contributed by atoms with Gasteiger partial charge in [0.2, 0.25) is 0 Å². The fraction of sp³-hybridized carbons (Fsp3) is 0.125. The second kappa shape index (κ2) is 8.50. The van der Waals surface area contributed by atoms with Gasteiger partial charge in [-0.2, -0.15) is 0 Å². The van der Waals surface area contributed by atoms with E-state index in [-0.39, 0.29) is 5.92 Å². The molecule has 0 spiro atoms. The van der Waals surface area contributed by atoms with Crippen molar-refractivity contribution in [1.82, 2.24) is 19.9 Å². The Morgan fingerprint density at radius 2 is 1.87 bits per heavy atom. The Morgan fingerprint density at radius 1 is 1.00 bits per heavy atom. The number of imidazole rings is 1. The van der Waals surface area contributed by atoms with Gasteiger partial charge in [-0.15, -0.1) is 0 Å². The highest BCUT2D eigenvalue weighted by Crippen LogP contribution is 2.28. The maximum atomic E-state index is 5.54. The first-order chi connectivity index (χ1) is 15.2. The maximum absolute atomic E-state index is 5.54. The Balaban J connectivity index is 1.55. The van der Waals surface area contributed by atoms with E-state index in [2.05, 4.69) is 81.2 Å². The van der Waals surface area contributed by atoms with E-state index in [0.29, 0.717) is 29.6 Å². The third-order valence-electron chi connectivity index (χ3n) is 5.16. The number of nitrogens with zero attached hydrogens (tertiary/aromatic N) is 3. The molecule has 5 aromatic rings. The summed E-state index contributed by atoms with van der Waals surface area (Å²) in [6.07, 6.45) is 1.62. The molecule has 1 atom stereocenters. The highest BCUT2D eigenvalue weighted by atomic mass is 127.